The summed E-state index contributed by atoms with van der Waals surface area (Å²) in [5.74, 6) is -1.37. The van der Waals surface area contributed by atoms with Crippen LogP contribution in [0.15, 0.2) is 29.2 Å². The quantitative estimate of drug-likeness (QED) is 0.551. The largest absolute Gasteiger partial charge is 0.484 e. The Labute approximate surface area is 147 Å². The highest BCUT2D eigenvalue weighted by Gasteiger charge is 2.31. The van der Waals surface area contributed by atoms with E-state index in [0.717, 1.165) is 17.3 Å². The number of rotatable bonds is 7. The van der Waals surface area contributed by atoms with Crippen LogP contribution in [0.5, 0.6) is 5.75 Å². The molecule has 0 aromatic heterocycles. The van der Waals surface area contributed by atoms with E-state index in [1.165, 1.54) is 4.90 Å². The first kappa shape index (κ1) is 18.0. The zero-order chi connectivity index (χ0) is 17.7. The molecule has 2 amide bonds. The van der Waals surface area contributed by atoms with E-state index in [9.17, 15) is 14.4 Å². The number of hydrogen-bond donors (Lipinski definition) is 2. The van der Waals surface area contributed by atoms with Gasteiger partial charge in [-0.25, -0.2) is 0 Å². The van der Waals surface area contributed by atoms with Gasteiger partial charge in [0.15, 0.2) is 6.61 Å². The fourth-order valence-corrected chi connectivity index (χ4v) is 3.17. The van der Waals surface area contributed by atoms with Crippen molar-refractivity contribution in [2.45, 2.75) is 6.42 Å². The predicted molar refractivity (Wildman–Crippen MR) is 93.3 cm³/mol. The Morgan fingerprint density at radius 2 is 2.00 bits per heavy atom. The van der Waals surface area contributed by atoms with Gasteiger partial charge in [-0.3, -0.25) is 19.3 Å². The van der Waals surface area contributed by atoms with Gasteiger partial charge in [0.1, 0.15) is 10.1 Å². The second-order valence-corrected chi connectivity index (χ2v) is 6.48. The number of thiocarbonyl (C=S) groups is 1. The molecule has 1 fully saturated rings. The lowest BCUT2D eigenvalue weighted by Gasteiger charge is -2.12. The third-order valence-electron chi connectivity index (χ3n) is 2.98. The molecule has 24 heavy (non-hydrogen) atoms. The maximum Gasteiger partial charge on any atom is 0.305 e. The van der Waals surface area contributed by atoms with E-state index >= 15 is 0 Å². The normalized spacial score (nSPS) is 15.8. The van der Waals surface area contributed by atoms with Crippen molar-refractivity contribution < 1.29 is 24.2 Å². The summed E-state index contributed by atoms with van der Waals surface area (Å²) in [6.07, 6.45) is 1.50. The van der Waals surface area contributed by atoms with Gasteiger partial charge >= 0.3 is 5.97 Å². The fourth-order valence-electron chi connectivity index (χ4n) is 1.87. The van der Waals surface area contributed by atoms with Crippen molar-refractivity contribution in [2.24, 2.45) is 5.73 Å². The number of thioether (sulfide) groups is 1. The van der Waals surface area contributed by atoms with Gasteiger partial charge in [-0.15, -0.1) is 0 Å². The average Bonchev–Trinajstić information content (AvgIpc) is 2.78. The number of ether oxygens (including phenoxy) is 1. The smallest absolute Gasteiger partial charge is 0.305 e. The summed E-state index contributed by atoms with van der Waals surface area (Å²) < 4.78 is 5.49. The highest BCUT2D eigenvalue weighted by molar-refractivity contribution is 8.26. The number of aliphatic carboxylic acids is 1. The van der Waals surface area contributed by atoms with Crippen LogP contribution in [-0.2, 0) is 14.4 Å². The van der Waals surface area contributed by atoms with Crippen LogP contribution in [0.25, 0.3) is 6.08 Å². The highest BCUT2D eigenvalue weighted by atomic mass is 32.2. The van der Waals surface area contributed by atoms with Gasteiger partial charge in [0, 0.05) is 6.54 Å². The Morgan fingerprint density at radius 3 is 2.58 bits per heavy atom. The van der Waals surface area contributed by atoms with Crippen LogP contribution in [0, 0.1) is 0 Å². The minimum absolute atomic E-state index is 0.0528. The number of amides is 2. The number of carboxylic acid groups (broad SMARTS) is 1. The average molecular weight is 366 g/mol. The van der Waals surface area contributed by atoms with E-state index in [-0.39, 0.29) is 25.5 Å². The highest BCUT2D eigenvalue weighted by Crippen LogP contribution is 2.32. The standard InChI is InChI=1S/C15H14N2O5S2/c16-12(18)8-22-10-3-1-9(2-4-10)7-11-14(21)17(15(23)24-11)6-5-13(19)20/h1-4,7H,5-6,8H2,(H2,16,18)(H,19,20)/b11-7-. The van der Waals surface area contributed by atoms with E-state index in [2.05, 4.69) is 0 Å². The number of carbonyl (C=O) groups excluding carboxylic acids is 2. The molecule has 0 atom stereocenters. The molecule has 0 aliphatic carbocycles. The van der Waals surface area contributed by atoms with Crippen LogP contribution in [-0.4, -0.2) is 45.3 Å². The molecule has 0 spiro atoms. The van der Waals surface area contributed by atoms with E-state index in [1.54, 1.807) is 30.3 Å². The Balaban J connectivity index is 2.05. The van der Waals surface area contributed by atoms with Crippen molar-refractivity contribution in [3.05, 3.63) is 34.7 Å². The van der Waals surface area contributed by atoms with Gasteiger partial charge in [0.25, 0.3) is 11.8 Å². The van der Waals surface area contributed by atoms with Crippen LogP contribution >= 0.6 is 24.0 Å². The van der Waals surface area contributed by atoms with E-state index in [1.807, 2.05) is 0 Å². The van der Waals surface area contributed by atoms with Gasteiger partial charge in [-0.1, -0.05) is 36.1 Å². The summed E-state index contributed by atoms with van der Waals surface area (Å²) >= 11 is 6.24. The van der Waals surface area contributed by atoms with E-state index in [0.29, 0.717) is 15.0 Å². The number of nitrogens with zero attached hydrogens (tertiary/aromatic N) is 1. The molecule has 3 N–H and O–H groups in total. The van der Waals surface area contributed by atoms with Crippen LogP contribution in [0.2, 0.25) is 0 Å². The van der Waals surface area contributed by atoms with Crippen LogP contribution < -0.4 is 10.5 Å². The minimum Gasteiger partial charge on any atom is -0.484 e. The second kappa shape index (κ2) is 7.93. The minimum atomic E-state index is -0.987. The zero-order valence-corrected chi connectivity index (χ0v) is 14.1. The summed E-state index contributed by atoms with van der Waals surface area (Å²) in [4.78, 5) is 35.2. The molecule has 7 nitrogen and oxygen atoms in total. The maximum absolute atomic E-state index is 12.3. The molecule has 2 rings (SSSR count). The lowest BCUT2D eigenvalue weighted by Crippen LogP contribution is -2.30. The van der Waals surface area contributed by atoms with Gasteiger partial charge < -0.3 is 15.6 Å². The maximum atomic E-state index is 12.3. The summed E-state index contributed by atoms with van der Waals surface area (Å²) in [7, 11) is 0. The molecule has 0 saturated carbocycles. The molecule has 0 radical (unpaired) electrons. The molecule has 1 aromatic carbocycles. The Bertz CT molecular complexity index is 715. The van der Waals surface area contributed by atoms with E-state index < -0.39 is 11.9 Å². The van der Waals surface area contributed by atoms with Gasteiger partial charge in [-0.2, -0.15) is 0 Å². The zero-order valence-electron chi connectivity index (χ0n) is 12.4. The van der Waals surface area contributed by atoms with Crippen molar-refractivity contribution >= 4 is 52.2 Å². The fraction of sp³-hybridized carbons (Fsp3) is 0.200. The molecule has 1 aliphatic rings. The first-order valence-electron chi connectivity index (χ1n) is 6.85. The molecule has 1 aliphatic heterocycles. The first-order valence-corrected chi connectivity index (χ1v) is 8.07. The molecule has 0 unspecified atom stereocenters. The molecule has 9 heteroatoms. The number of nitrogens with two attached hydrogens (primary N) is 1. The molecular weight excluding hydrogens is 352 g/mol. The summed E-state index contributed by atoms with van der Waals surface area (Å²) in [5.41, 5.74) is 5.75. The summed E-state index contributed by atoms with van der Waals surface area (Å²) in [6, 6.07) is 6.75. The molecule has 1 heterocycles. The van der Waals surface area contributed by atoms with Crippen LogP contribution in [0.1, 0.15) is 12.0 Å². The van der Waals surface area contributed by atoms with Gasteiger partial charge in [-0.05, 0) is 23.8 Å². The van der Waals surface area contributed by atoms with Crippen molar-refractivity contribution in [2.75, 3.05) is 13.2 Å². The third kappa shape index (κ3) is 4.80. The van der Waals surface area contributed by atoms with Crippen molar-refractivity contribution in [3.8, 4) is 5.75 Å². The Kier molecular flexibility index (Phi) is 5.93. The Hall–Kier alpha value is -2.39. The van der Waals surface area contributed by atoms with Crippen molar-refractivity contribution in [1.29, 1.82) is 0 Å². The van der Waals surface area contributed by atoms with Gasteiger partial charge in [0.2, 0.25) is 0 Å². The second-order valence-electron chi connectivity index (χ2n) is 4.80. The lowest BCUT2D eigenvalue weighted by molar-refractivity contribution is -0.137. The third-order valence-corrected chi connectivity index (χ3v) is 4.36. The van der Waals surface area contributed by atoms with Crippen molar-refractivity contribution in [1.82, 2.24) is 4.90 Å². The lowest BCUT2D eigenvalue weighted by atomic mass is 10.2. The molecular formula is C15H14N2O5S2. The monoisotopic (exact) mass is 366 g/mol. The number of primary amides is 1. The molecule has 1 aromatic rings. The summed E-state index contributed by atoms with van der Waals surface area (Å²) in [5, 5.41) is 8.71. The van der Waals surface area contributed by atoms with E-state index in [4.69, 9.17) is 27.8 Å². The Morgan fingerprint density at radius 1 is 1.33 bits per heavy atom. The van der Waals surface area contributed by atoms with Crippen LogP contribution in [0.4, 0.5) is 0 Å². The summed E-state index contributed by atoms with van der Waals surface area (Å²) in [6.45, 7) is -0.154. The number of hydrogen-bond acceptors (Lipinski definition) is 6. The molecule has 126 valence electrons. The molecule has 1 saturated heterocycles. The van der Waals surface area contributed by atoms with Crippen molar-refractivity contribution in [3.63, 3.8) is 0 Å². The first-order chi connectivity index (χ1) is 11.4. The topological polar surface area (TPSA) is 110 Å². The van der Waals surface area contributed by atoms with Crippen LogP contribution in [0.3, 0.4) is 0 Å². The molecule has 0 bridgehead atoms. The number of benzene rings is 1. The number of carbonyl (C=O) groups is 3. The number of carboxylic acids is 1. The predicted octanol–water partition coefficient (Wildman–Crippen LogP) is 1.23. The van der Waals surface area contributed by atoms with Gasteiger partial charge in [0.05, 0.1) is 11.3 Å². The SMILES string of the molecule is NC(=O)COc1ccc(/C=C2\SC(=S)N(CCC(=O)O)C2=O)cc1.